The molecule has 0 aliphatic heterocycles. The number of hydrogen-bond donors (Lipinski definition) is 0. The molecule has 112 valence electrons. The van der Waals surface area contributed by atoms with E-state index in [9.17, 15) is 0 Å². The molecule has 2 atom stereocenters. The van der Waals surface area contributed by atoms with Crippen LogP contribution in [-0.4, -0.2) is 0 Å². The van der Waals surface area contributed by atoms with Crippen molar-refractivity contribution >= 4 is 0 Å². The van der Waals surface area contributed by atoms with Gasteiger partial charge in [-0.3, -0.25) is 0 Å². The van der Waals surface area contributed by atoms with E-state index in [0.29, 0.717) is 0 Å². The molecule has 0 aliphatic rings. The minimum Gasteiger partial charge on any atom is -0.0654 e. The Morgan fingerprint density at radius 1 is 0.556 bits per heavy atom. The molecule has 0 aromatic rings. The molecule has 0 aromatic heterocycles. The molecule has 0 amide bonds. The van der Waals surface area contributed by atoms with Crippen LogP contribution in [0.3, 0.4) is 0 Å². The van der Waals surface area contributed by atoms with Gasteiger partial charge in [-0.25, -0.2) is 0 Å². The van der Waals surface area contributed by atoms with Crippen LogP contribution < -0.4 is 0 Å². The van der Waals surface area contributed by atoms with Crippen LogP contribution in [0.1, 0.15) is 93.9 Å². The highest BCUT2D eigenvalue weighted by Gasteiger charge is 2.13. The van der Waals surface area contributed by atoms with Crippen LogP contribution in [-0.2, 0) is 0 Å². The van der Waals surface area contributed by atoms with Gasteiger partial charge in [-0.2, -0.15) is 0 Å². The third-order valence-corrected chi connectivity index (χ3v) is 4.23. The molecule has 0 heterocycles. The van der Waals surface area contributed by atoms with Gasteiger partial charge in [-0.15, -0.1) is 0 Å². The van der Waals surface area contributed by atoms with Crippen molar-refractivity contribution in [2.45, 2.75) is 93.9 Å². The first-order chi connectivity index (χ1) is 8.36. The summed E-state index contributed by atoms with van der Waals surface area (Å²) in [5.74, 6) is 3.45. The van der Waals surface area contributed by atoms with Gasteiger partial charge in [0.1, 0.15) is 0 Å². The highest BCUT2D eigenvalue weighted by molar-refractivity contribution is 4.64. The second-order valence-corrected chi connectivity index (χ2v) is 6.74. The van der Waals surface area contributed by atoms with Crippen molar-refractivity contribution in [3.05, 3.63) is 0 Å². The van der Waals surface area contributed by atoms with Crippen LogP contribution in [0.15, 0.2) is 0 Å². The van der Waals surface area contributed by atoms with Crippen molar-refractivity contribution in [2.75, 3.05) is 0 Å². The van der Waals surface area contributed by atoms with Crippen LogP contribution in [0.5, 0.6) is 0 Å². The lowest BCUT2D eigenvalue weighted by Crippen LogP contribution is -2.12. The fourth-order valence-corrected chi connectivity index (χ4v) is 1.81. The van der Waals surface area contributed by atoms with E-state index in [1.54, 1.807) is 0 Å². The molecule has 0 rings (SSSR count). The van der Waals surface area contributed by atoms with E-state index in [2.05, 4.69) is 55.4 Å². The first kappa shape index (κ1) is 20.3. The standard InChI is InChI=1S/C11H24.C7H16/c1-8(2)10(5)7-11(6)9(3)4;1-3-5-7-6-4-2/h8-11H,7H2,1-6H3;3-7H2,1-2H3. The maximum Gasteiger partial charge on any atom is -0.0417 e. The van der Waals surface area contributed by atoms with Crippen molar-refractivity contribution in [3.63, 3.8) is 0 Å². The largest absolute Gasteiger partial charge is 0.0654 e. The smallest absolute Gasteiger partial charge is 0.0417 e. The summed E-state index contributed by atoms with van der Waals surface area (Å²) in [6.45, 7) is 18.5. The summed E-state index contributed by atoms with van der Waals surface area (Å²) in [6.07, 6.45) is 8.39. The van der Waals surface area contributed by atoms with Gasteiger partial charge in [-0.1, -0.05) is 87.5 Å². The number of rotatable bonds is 8. The fourth-order valence-electron chi connectivity index (χ4n) is 1.81. The average molecular weight is 257 g/mol. The van der Waals surface area contributed by atoms with Crippen LogP contribution in [0.2, 0.25) is 0 Å². The van der Waals surface area contributed by atoms with E-state index >= 15 is 0 Å². The molecule has 0 N–H and O–H groups in total. The Morgan fingerprint density at radius 3 is 1.11 bits per heavy atom. The molecule has 0 aliphatic carbocycles. The molecule has 0 saturated heterocycles. The van der Waals surface area contributed by atoms with E-state index in [0.717, 1.165) is 23.7 Å². The van der Waals surface area contributed by atoms with E-state index < -0.39 is 0 Å². The maximum atomic E-state index is 2.36. The van der Waals surface area contributed by atoms with Gasteiger partial charge < -0.3 is 0 Å². The van der Waals surface area contributed by atoms with E-state index in [-0.39, 0.29) is 0 Å². The third-order valence-electron chi connectivity index (χ3n) is 4.23. The summed E-state index contributed by atoms with van der Waals surface area (Å²) in [6, 6.07) is 0. The van der Waals surface area contributed by atoms with Gasteiger partial charge in [0.2, 0.25) is 0 Å². The summed E-state index contributed by atoms with van der Waals surface area (Å²) in [5.41, 5.74) is 0. The van der Waals surface area contributed by atoms with Crippen molar-refractivity contribution in [1.29, 1.82) is 0 Å². The summed E-state index contributed by atoms with van der Waals surface area (Å²) < 4.78 is 0. The minimum absolute atomic E-state index is 0.844. The van der Waals surface area contributed by atoms with Crippen molar-refractivity contribution in [3.8, 4) is 0 Å². The topological polar surface area (TPSA) is 0 Å². The zero-order valence-electron chi connectivity index (χ0n) is 14.6. The van der Waals surface area contributed by atoms with Gasteiger partial charge in [0.05, 0.1) is 0 Å². The predicted octanol–water partition coefficient (Wildman–Crippen LogP) is 6.94. The molecular weight excluding hydrogens is 216 g/mol. The van der Waals surface area contributed by atoms with Crippen molar-refractivity contribution in [2.24, 2.45) is 23.7 Å². The SMILES string of the molecule is CC(C)C(C)CC(C)C(C)C.CCCCCCC. The zero-order chi connectivity index (χ0) is 14.6. The molecular formula is C18H40. The van der Waals surface area contributed by atoms with E-state index in [1.807, 2.05) is 0 Å². The van der Waals surface area contributed by atoms with Crippen LogP contribution in [0.4, 0.5) is 0 Å². The van der Waals surface area contributed by atoms with Gasteiger partial charge in [0, 0.05) is 0 Å². The minimum atomic E-state index is 0.844. The first-order valence-electron chi connectivity index (χ1n) is 8.36. The van der Waals surface area contributed by atoms with Crippen LogP contribution in [0, 0.1) is 23.7 Å². The van der Waals surface area contributed by atoms with Gasteiger partial charge >= 0.3 is 0 Å². The number of unbranched alkanes of at least 4 members (excludes halogenated alkanes) is 4. The normalized spacial score (nSPS) is 14.3. The molecule has 0 spiro atoms. The number of hydrogen-bond acceptors (Lipinski definition) is 0. The summed E-state index contributed by atoms with van der Waals surface area (Å²) in [7, 11) is 0. The Kier molecular flexibility index (Phi) is 15.2. The van der Waals surface area contributed by atoms with Crippen LogP contribution >= 0.6 is 0 Å². The highest BCUT2D eigenvalue weighted by atomic mass is 14.2. The second-order valence-electron chi connectivity index (χ2n) is 6.74. The van der Waals surface area contributed by atoms with Crippen molar-refractivity contribution in [1.82, 2.24) is 0 Å². The fraction of sp³-hybridized carbons (Fsp3) is 1.00. The average Bonchev–Trinajstić information content (AvgIpc) is 2.30. The Balaban J connectivity index is 0. The van der Waals surface area contributed by atoms with Crippen LogP contribution in [0.25, 0.3) is 0 Å². The third kappa shape index (κ3) is 14.1. The lowest BCUT2D eigenvalue weighted by molar-refractivity contribution is 0.283. The Hall–Kier alpha value is 0. The molecule has 0 aromatic carbocycles. The highest BCUT2D eigenvalue weighted by Crippen LogP contribution is 2.23. The molecule has 0 fully saturated rings. The van der Waals surface area contributed by atoms with Gasteiger partial charge in [0.25, 0.3) is 0 Å². The Labute approximate surface area is 118 Å². The lowest BCUT2D eigenvalue weighted by atomic mass is 9.84. The zero-order valence-corrected chi connectivity index (χ0v) is 14.6. The van der Waals surface area contributed by atoms with Gasteiger partial charge in [0.15, 0.2) is 0 Å². The summed E-state index contributed by atoms with van der Waals surface area (Å²) in [5, 5.41) is 0. The lowest BCUT2D eigenvalue weighted by Gasteiger charge is -2.22. The molecule has 0 radical (unpaired) electrons. The monoisotopic (exact) mass is 256 g/mol. The first-order valence-corrected chi connectivity index (χ1v) is 8.36. The van der Waals surface area contributed by atoms with Crippen molar-refractivity contribution < 1.29 is 0 Å². The molecule has 2 unspecified atom stereocenters. The van der Waals surface area contributed by atoms with E-state index in [1.165, 1.54) is 38.5 Å². The quantitative estimate of drug-likeness (QED) is 0.413. The van der Waals surface area contributed by atoms with E-state index in [4.69, 9.17) is 0 Å². The predicted molar refractivity (Wildman–Crippen MR) is 87.1 cm³/mol. The molecule has 0 heteroatoms. The Bertz CT molecular complexity index is 130. The Morgan fingerprint density at radius 2 is 0.889 bits per heavy atom. The molecule has 0 nitrogen and oxygen atoms in total. The van der Waals surface area contributed by atoms with Gasteiger partial charge in [-0.05, 0) is 30.1 Å². The second kappa shape index (κ2) is 13.4. The molecule has 0 saturated carbocycles. The summed E-state index contributed by atoms with van der Waals surface area (Å²) >= 11 is 0. The molecule has 18 heavy (non-hydrogen) atoms. The summed E-state index contributed by atoms with van der Waals surface area (Å²) in [4.78, 5) is 0. The molecule has 0 bridgehead atoms. The maximum absolute atomic E-state index is 2.36.